The van der Waals surface area contributed by atoms with Gasteiger partial charge in [0.1, 0.15) is 23.8 Å². The Morgan fingerprint density at radius 3 is 2.41 bits per heavy atom. The molecule has 37 heavy (non-hydrogen) atoms. The van der Waals surface area contributed by atoms with E-state index in [9.17, 15) is 35.2 Å². The van der Waals surface area contributed by atoms with Gasteiger partial charge in [0.25, 0.3) is 10.0 Å². The molecule has 1 aromatic carbocycles. The number of aliphatic carboxylic acids is 1. The number of halogens is 5. The fourth-order valence-electron chi connectivity index (χ4n) is 4.10. The van der Waals surface area contributed by atoms with Gasteiger partial charge in [-0.25, -0.2) is 22.0 Å². The molecule has 0 radical (unpaired) electrons. The first-order valence-corrected chi connectivity index (χ1v) is 12.7. The van der Waals surface area contributed by atoms with Crippen LogP contribution in [0.5, 0.6) is 0 Å². The van der Waals surface area contributed by atoms with Crippen LogP contribution < -0.4 is 5.73 Å². The summed E-state index contributed by atoms with van der Waals surface area (Å²) in [4.78, 5) is 10.9. The number of nitrogens with two attached hydrogens (primary N) is 1. The van der Waals surface area contributed by atoms with Crippen molar-refractivity contribution in [1.29, 1.82) is 0 Å². The summed E-state index contributed by atoms with van der Waals surface area (Å²) in [6.07, 6.45) is -7.76. The van der Waals surface area contributed by atoms with Gasteiger partial charge in [0.2, 0.25) is 0 Å². The number of aliphatic hydroxyl groups excluding tert-OH is 1. The van der Waals surface area contributed by atoms with E-state index in [-0.39, 0.29) is 25.1 Å². The van der Waals surface area contributed by atoms with Gasteiger partial charge in [-0.2, -0.15) is 22.4 Å². The van der Waals surface area contributed by atoms with E-state index in [0.717, 1.165) is 28.5 Å². The quantitative estimate of drug-likeness (QED) is 0.477. The first-order chi connectivity index (χ1) is 17.0. The zero-order valence-electron chi connectivity index (χ0n) is 19.6. The summed E-state index contributed by atoms with van der Waals surface area (Å²) in [6.45, 7) is 1.20. The van der Waals surface area contributed by atoms with Gasteiger partial charge < -0.3 is 20.7 Å². The van der Waals surface area contributed by atoms with Gasteiger partial charge in [-0.15, -0.1) is 0 Å². The lowest BCUT2D eigenvalue weighted by Crippen LogP contribution is -2.58. The molecule has 2 aromatic rings. The molecule has 0 bridgehead atoms. The van der Waals surface area contributed by atoms with Gasteiger partial charge >= 0.3 is 12.1 Å². The molecule has 5 atom stereocenters. The second-order valence-corrected chi connectivity index (χ2v) is 10.6. The molecule has 206 valence electrons. The SMILES string of the molecule is CC(O)C(=O)O.CS(=O)(=O)n1cc2c(n1)CN([C@@H]1C[C@H](N)[C@@H](c3cc(F)ccc3F)O[C@@H]1C(F)(F)F)C2. The van der Waals surface area contributed by atoms with E-state index in [1.165, 1.54) is 18.0 Å². The minimum atomic E-state index is -4.79. The third kappa shape index (κ3) is 6.62. The summed E-state index contributed by atoms with van der Waals surface area (Å²) < 4.78 is 98.6. The van der Waals surface area contributed by atoms with E-state index in [1.54, 1.807) is 0 Å². The molecule has 1 unspecified atom stereocenters. The highest BCUT2D eigenvalue weighted by Gasteiger charge is 2.54. The average Bonchev–Trinajstić information content (AvgIpc) is 3.34. The zero-order valence-corrected chi connectivity index (χ0v) is 20.4. The van der Waals surface area contributed by atoms with Crippen LogP contribution in [-0.2, 0) is 32.6 Å². The number of hydrogen-bond acceptors (Lipinski definition) is 8. The molecular weight excluding hydrogens is 531 g/mol. The lowest BCUT2D eigenvalue weighted by atomic mass is 9.89. The van der Waals surface area contributed by atoms with Crippen LogP contribution in [0.15, 0.2) is 24.4 Å². The minimum absolute atomic E-state index is 0.0236. The lowest BCUT2D eigenvalue weighted by molar-refractivity contribution is -0.269. The van der Waals surface area contributed by atoms with Crippen LogP contribution >= 0.6 is 0 Å². The number of carbonyl (C=O) groups is 1. The third-order valence-corrected chi connectivity index (χ3v) is 6.75. The van der Waals surface area contributed by atoms with Crippen LogP contribution in [0.4, 0.5) is 22.0 Å². The second kappa shape index (κ2) is 10.6. The zero-order chi connectivity index (χ0) is 27.9. The number of aliphatic hydroxyl groups is 1. The number of carboxylic acid groups (broad SMARTS) is 1. The van der Waals surface area contributed by atoms with Crippen molar-refractivity contribution in [2.24, 2.45) is 5.73 Å². The lowest BCUT2D eigenvalue weighted by Gasteiger charge is -2.44. The maximum Gasteiger partial charge on any atom is 0.416 e. The number of carboxylic acids is 1. The maximum atomic E-state index is 14.2. The number of ether oxygens (including phenoxy) is 1. The van der Waals surface area contributed by atoms with Crippen molar-refractivity contribution in [3.63, 3.8) is 0 Å². The molecule has 4 N–H and O–H groups in total. The van der Waals surface area contributed by atoms with E-state index < -0.39 is 64.2 Å². The number of rotatable bonds is 4. The van der Waals surface area contributed by atoms with Crippen LogP contribution in [0.25, 0.3) is 0 Å². The Labute approximate surface area is 208 Å². The molecule has 0 aliphatic carbocycles. The molecule has 10 nitrogen and oxygen atoms in total. The predicted octanol–water partition coefficient (Wildman–Crippen LogP) is 1.52. The first-order valence-electron chi connectivity index (χ1n) is 10.8. The number of fused-ring (bicyclic) bond motifs is 1. The van der Waals surface area contributed by atoms with E-state index in [2.05, 4.69) is 5.10 Å². The van der Waals surface area contributed by atoms with Crippen molar-refractivity contribution in [1.82, 2.24) is 14.1 Å². The molecule has 2 aliphatic rings. The Morgan fingerprint density at radius 1 is 1.27 bits per heavy atom. The van der Waals surface area contributed by atoms with Crippen molar-refractivity contribution in [3.05, 3.63) is 52.9 Å². The van der Waals surface area contributed by atoms with Crippen LogP contribution in [0.2, 0.25) is 0 Å². The van der Waals surface area contributed by atoms with Gasteiger partial charge in [-0.1, -0.05) is 0 Å². The molecule has 0 saturated carbocycles. The summed E-state index contributed by atoms with van der Waals surface area (Å²) in [5.41, 5.74) is 6.51. The van der Waals surface area contributed by atoms with Gasteiger partial charge in [0, 0.05) is 42.5 Å². The van der Waals surface area contributed by atoms with Gasteiger partial charge in [-0.05, 0) is 31.5 Å². The van der Waals surface area contributed by atoms with Crippen LogP contribution in [0.1, 0.15) is 36.3 Å². The highest BCUT2D eigenvalue weighted by molar-refractivity contribution is 7.89. The van der Waals surface area contributed by atoms with Crippen LogP contribution in [-0.4, -0.2) is 75.4 Å². The topological polar surface area (TPSA) is 148 Å². The molecule has 16 heteroatoms. The van der Waals surface area contributed by atoms with E-state index >= 15 is 0 Å². The molecule has 1 saturated heterocycles. The molecule has 0 spiro atoms. The van der Waals surface area contributed by atoms with Crippen LogP contribution in [0, 0.1) is 11.6 Å². The normalized spacial score (nSPS) is 25.2. The van der Waals surface area contributed by atoms with Gasteiger partial charge in [-0.3, -0.25) is 4.90 Å². The Morgan fingerprint density at radius 2 is 1.89 bits per heavy atom. The number of aromatic nitrogens is 2. The Bertz CT molecular complexity index is 1230. The largest absolute Gasteiger partial charge is 0.479 e. The Hall–Kier alpha value is -2.66. The van der Waals surface area contributed by atoms with E-state index in [4.69, 9.17) is 20.7 Å². The summed E-state index contributed by atoms with van der Waals surface area (Å²) in [6, 6.07) is 0.226. The van der Waals surface area contributed by atoms with Crippen molar-refractivity contribution < 1.29 is 50.1 Å². The minimum Gasteiger partial charge on any atom is -0.479 e. The predicted molar refractivity (Wildman–Crippen MR) is 117 cm³/mol. The number of benzene rings is 1. The van der Waals surface area contributed by atoms with E-state index in [0.29, 0.717) is 11.3 Å². The monoisotopic (exact) mass is 556 g/mol. The fourth-order valence-corrected chi connectivity index (χ4v) is 4.67. The summed E-state index contributed by atoms with van der Waals surface area (Å²) >= 11 is 0. The molecule has 0 amide bonds. The van der Waals surface area contributed by atoms with Gasteiger partial charge in [0.05, 0.1) is 11.9 Å². The standard InChI is InChI=1S/C18H19F5N4O3S.C3H6O3/c1-31(28,29)27-7-9-6-26(8-14(9)25-27)15-5-13(24)16(30-17(15)18(21,22)23)11-4-10(19)2-3-12(11)20;1-2(4)3(5)6/h2-4,7,13,15-17H,5-6,8,24H2,1H3;2,4H,1H3,(H,5,6)/t13-,15+,16+,17-;/m0./s1. The second-order valence-electron chi connectivity index (χ2n) is 8.81. The molecular formula is C21H25F5N4O6S. The van der Waals surface area contributed by atoms with Gasteiger partial charge in [0.15, 0.2) is 6.10 Å². The van der Waals surface area contributed by atoms with Crippen molar-refractivity contribution in [3.8, 4) is 0 Å². The third-order valence-electron chi connectivity index (χ3n) is 5.88. The smallest absolute Gasteiger partial charge is 0.416 e. The van der Waals surface area contributed by atoms with Crippen molar-refractivity contribution in [2.45, 2.75) is 63.0 Å². The summed E-state index contributed by atoms with van der Waals surface area (Å²) in [5, 5.41) is 19.7. The van der Waals surface area contributed by atoms with Crippen LogP contribution in [0.3, 0.4) is 0 Å². The molecule has 4 rings (SSSR count). The summed E-state index contributed by atoms with van der Waals surface area (Å²) in [5.74, 6) is -2.90. The maximum absolute atomic E-state index is 14.2. The highest BCUT2D eigenvalue weighted by Crippen LogP contribution is 2.42. The molecule has 2 aliphatic heterocycles. The summed E-state index contributed by atoms with van der Waals surface area (Å²) in [7, 11) is -3.62. The molecule has 3 heterocycles. The van der Waals surface area contributed by atoms with E-state index in [1.807, 2.05) is 0 Å². The Balaban J connectivity index is 0.000000568. The highest BCUT2D eigenvalue weighted by atomic mass is 32.2. The first kappa shape index (κ1) is 28.9. The Kier molecular flexibility index (Phi) is 8.28. The van der Waals surface area contributed by atoms with Crippen molar-refractivity contribution in [2.75, 3.05) is 6.26 Å². The van der Waals surface area contributed by atoms with Crippen molar-refractivity contribution >= 4 is 16.0 Å². The number of alkyl halides is 3. The fraction of sp³-hybridized carbons (Fsp3) is 0.524. The number of hydrogen-bond donors (Lipinski definition) is 3. The molecule has 1 fully saturated rings. The number of nitrogens with zero attached hydrogens (tertiary/aromatic N) is 3. The molecule has 1 aromatic heterocycles. The average molecular weight is 557 g/mol.